The number of carbonyl (C=O) groups is 1. The first kappa shape index (κ1) is 12.2. The summed E-state index contributed by atoms with van der Waals surface area (Å²) in [5, 5.41) is 3.17. The van der Waals surface area contributed by atoms with Crippen LogP contribution in [0.2, 0.25) is 0 Å². The van der Waals surface area contributed by atoms with E-state index in [1.54, 1.807) is 28.7 Å². The van der Waals surface area contributed by atoms with Crippen molar-refractivity contribution in [3.8, 4) is 0 Å². The number of benzene rings is 2. The maximum absolute atomic E-state index is 11.3. The lowest BCUT2D eigenvalue weighted by atomic mass is 10.2. The second-order valence-corrected chi connectivity index (χ2v) is 5.06. The van der Waals surface area contributed by atoms with Gasteiger partial charge in [0, 0.05) is 33.8 Å². The Kier molecular flexibility index (Phi) is 3.20. The number of aromatic amines is 1. The highest BCUT2D eigenvalue weighted by atomic mass is 127. The highest BCUT2D eigenvalue weighted by molar-refractivity contribution is 14.1. The van der Waals surface area contributed by atoms with Crippen LogP contribution >= 0.6 is 22.6 Å². The van der Waals surface area contributed by atoms with Crippen molar-refractivity contribution in [3.63, 3.8) is 0 Å². The Morgan fingerprint density at radius 3 is 2.79 bits per heavy atom. The van der Waals surface area contributed by atoms with Crippen LogP contribution in [0.15, 0.2) is 48.5 Å². The fourth-order valence-electron chi connectivity index (χ4n) is 1.87. The molecule has 4 nitrogen and oxygen atoms in total. The number of hydrogen-bond donors (Lipinski definition) is 2. The van der Waals surface area contributed by atoms with E-state index in [0.29, 0.717) is 11.5 Å². The number of anilines is 2. The smallest absolute Gasteiger partial charge is 0.222 e. The minimum absolute atomic E-state index is 0.0193. The lowest BCUT2D eigenvalue weighted by molar-refractivity contribution is 0.110. The van der Waals surface area contributed by atoms with E-state index in [1.165, 1.54) is 0 Å². The number of halogens is 1. The van der Waals surface area contributed by atoms with E-state index in [1.807, 2.05) is 42.5 Å². The molecule has 3 rings (SSSR count). The van der Waals surface area contributed by atoms with E-state index in [0.717, 1.165) is 16.7 Å². The van der Waals surface area contributed by atoms with Crippen LogP contribution in [0, 0.1) is 0 Å². The first-order valence-corrected chi connectivity index (χ1v) is 6.82. The summed E-state index contributed by atoms with van der Waals surface area (Å²) in [5.41, 5.74) is 3.39. The first-order chi connectivity index (χ1) is 9.22. The monoisotopic (exact) mass is 363 g/mol. The Labute approximate surface area is 123 Å². The molecule has 2 N–H and O–H groups in total. The number of nitrogens with one attached hydrogen (secondary N) is 2. The number of rotatable bonds is 3. The summed E-state index contributed by atoms with van der Waals surface area (Å²) in [6.45, 7) is 0. The molecule has 5 heteroatoms. The van der Waals surface area contributed by atoms with Gasteiger partial charge in [-0.1, -0.05) is 24.3 Å². The molecule has 1 aromatic heterocycles. The van der Waals surface area contributed by atoms with E-state index in [9.17, 15) is 4.79 Å². The van der Waals surface area contributed by atoms with Crippen LogP contribution in [0.5, 0.6) is 0 Å². The lowest BCUT2D eigenvalue weighted by Gasteiger charge is -2.03. The standard InChI is InChI=1S/C14H10IN3O/c15-13(19)9-4-3-5-10(8-9)16-14-17-11-6-1-2-7-12(11)18-14/h1-8H,(H2,16,17,18). The Bertz CT molecular complexity index is 718. The summed E-state index contributed by atoms with van der Waals surface area (Å²) in [5.74, 6) is 0.666. The largest absolute Gasteiger partial charge is 0.326 e. The summed E-state index contributed by atoms with van der Waals surface area (Å²) < 4.78 is 0.0193. The number of carbonyl (C=O) groups excluding carboxylic acids is 1. The topological polar surface area (TPSA) is 57.8 Å². The molecule has 0 saturated carbocycles. The zero-order valence-electron chi connectivity index (χ0n) is 9.85. The molecule has 2 aromatic carbocycles. The zero-order chi connectivity index (χ0) is 13.2. The minimum atomic E-state index is 0.0193. The molecular weight excluding hydrogens is 353 g/mol. The third-order valence-electron chi connectivity index (χ3n) is 2.74. The molecule has 0 aliphatic heterocycles. The molecule has 0 atom stereocenters. The van der Waals surface area contributed by atoms with Crippen LogP contribution in [-0.4, -0.2) is 13.8 Å². The van der Waals surface area contributed by atoms with Crippen LogP contribution in [-0.2, 0) is 0 Å². The highest BCUT2D eigenvalue weighted by Crippen LogP contribution is 2.19. The SMILES string of the molecule is O=C(I)c1cccc(Nc2nc3ccccc3[nH]2)c1. The maximum atomic E-state index is 11.3. The highest BCUT2D eigenvalue weighted by Gasteiger charge is 2.04. The molecule has 0 aliphatic rings. The fraction of sp³-hybridized carbons (Fsp3) is 0. The minimum Gasteiger partial charge on any atom is -0.326 e. The fourth-order valence-corrected chi connectivity index (χ4v) is 2.20. The summed E-state index contributed by atoms with van der Waals surface area (Å²) in [4.78, 5) is 18.9. The predicted molar refractivity (Wildman–Crippen MR) is 84.2 cm³/mol. The van der Waals surface area contributed by atoms with Gasteiger partial charge in [0.15, 0.2) is 0 Å². The van der Waals surface area contributed by atoms with Crippen LogP contribution in [0.1, 0.15) is 10.4 Å². The Morgan fingerprint density at radius 1 is 1.16 bits per heavy atom. The molecule has 0 unspecified atom stereocenters. The molecule has 0 saturated heterocycles. The molecule has 0 amide bonds. The number of imidazole rings is 1. The van der Waals surface area contributed by atoms with Gasteiger partial charge in [-0.05, 0) is 24.3 Å². The van der Waals surface area contributed by atoms with Crippen molar-refractivity contribution in [1.82, 2.24) is 9.97 Å². The number of fused-ring (bicyclic) bond motifs is 1. The van der Waals surface area contributed by atoms with E-state index in [2.05, 4.69) is 15.3 Å². The number of para-hydroxylation sites is 2. The van der Waals surface area contributed by atoms with Crippen LogP contribution in [0.25, 0.3) is 11.0 Å². The van der Waals surface area contributed by atoms with Gasteiger partial charge in [-0.3, -0.25) is 4.79 Å². The molecule has 1 heterocycles. The van der Waals surface area contributed by atoms with Crippen molar-refractivity contribution >= 4 is 49.0 Å². The van der Waals surface area contributed by atoms with Crippen LogP contribution in [0.4, 0.5) is 11.6 Å². The summed E-state index contributed by atoms with van der Waals surface area (Å²) in [6.07, 6.45) is 0. The normalized spacial score (nSPS) is 10.6. The summed E-state index contributed by atoms with van der Waals surface area (Å²) in [7, 11) is 0. The summed E-state index contributed by atoms with van der Waals surface area (Å²) >= 11 is 1.78. The third-order valence-corrected chi connectivity index (χ3v) is 3.36. The van der Waals surface area contributed by atoms with Crippen molar-refractivity contribution in [2.75, 3.05) is 5.32 Å². The second kappa shape index (κ2) is 5.00. The van der Waals surface area contributed by atoms with Gasteiger partial charge in [0.05, 0.1) is 11.0 Å². The van der Waals surface area contributed by atoms with Gasteiger partial charge in [0.25, 0.3) is 0 Å². The molecule has 0 bridgehead atoms. The first-order valence-electron chi connectivity index (χ1n) is 5.74. The van der Waals surface area contributed by atoms with Gasteiger partial charge >= 0.3 is 0 Å². The zero-order valence-corrected chi connectivity index (χ0v) is 12.0. The van der Waals surface area contributed by atoms with E-state index < -0.39 is 0 Å². The van der Waals surface area contributed by atoms with Gasteiger partial charge in [0.2, 0.25) is 9.74 Å². The van der Waals surface area contributed by atoms with Crippen molar-refractivity contribution in [2.45, 2.75) is 0 Å². The van der Waals surface area contributed by atoms with E-state index in [4.69, 9.17) is 0 Å². The Morgan fingerprint density at radius 2 is 2.00 bits per heavy atom. The molecule has 0 fully saturated rings. The van der Waals surface area contributed by atoms with Crippen molar-refractivity contribution in [2.24, 2.45) is 0 Å². The molecule has 0 spiro atoms. The molecule has 3 aromatic rings. The van der Waals surface area contributed by atoms with Gasteiger partial charge in [0.1, 0.15) is 0 Å². The Hall–Kier alpha value is -1.89. The average molecular weight is 363 g/mol. The van der Waals surface area contributed by atoms with E-state index >= 15 is 0 Å². The quantitative estimate of drug-likeness (QED) is 0.549. The van der Waals surface area contributed by atoms with E-state index in [-0.39, 0.29) is 3.79 Å². The van der Waals surface area contributed by atoms with Crippen molar-refractivity contribution in [3.05, 3.63) is 54.1 Å². The van der Waals surface area contributed by atoms with Gasteiger partial charge in [-0.2, -0.15) is 0 Å². The second-order valence-electron chi connectivity index (χ2n) is 4.08. The van der Waals surface area contributed by atoms with Crippen molar-refractivity contribution in [1.29, 1.82) is 0 Å². The number of aromatic nitrogens is 2. The molecule has 94 valence electrons. The maximum Gasteiger partial charge on any atom is 0.222 e. The predicted octanol–water partition coefficient (Wildman–Crippen LogP) is 3.88. The third kappa shape index (κ3) is 2.60. The van der Waals surface area contributed by atoms with Gasteiger partial charge in [-0.15, -0.1) is 0 Å². The molecular formula is C14H10IN3O. The molecule has 0 aliphatic carbocycles. The number of H-pyrrole nitrogens is 1. The van der Waals surface area contributed by atoms with Crippen molar-refractivity contribution < 1.29 is 4.79 Å². The average Bonchev–Trinajstić information content (AvgIpc) is 2.81. The summed E-state index contributed by atoms with van der Waals surface area (Å²) in [6, 6.07) is 15.2. The van der Waals surface area contributed by atoms with Crippen LogP contribution < -0.4 is 5.32 Å². The number of nitrogens with zero attached hydrogens (tertiary/aromatic N) is 1. The van der Waals surface area contributed by atoms with Crippen LogP contribution in [0.3, 0.4) is 0 Å². The lowest BCUT2D eigenvalue weighted by Crippen LogP contribution is -1.94. The van der Waals surface area contributed by atoms with Gasteiger partial charge in [-0.25, -0.2) is 4.98 Å². The Balaban J connectivity index is 1.92. The number of hydrogen-bond acceptors (Lipinski definition) is 3. The van der Waals surface area contributed by atoms with Gasteiger partial charge < -0.3 is 10.3 Å². The molecule has 0 radical (unpaired) electrons. The molecule has 19 heavy (non-hydrogen) atoms.